The number of amides is 1. The first-order valence-corrected chi connectivity index (χ1v) is 7.58. The molecule has 0 saturated carbocycles. The number of hydrogen-bond donors (Lipinski definition) is 2. The average Bonchev–Trinajstić information content (AvgIpc) is 2.59. The number of carbonyl (C=O) groups excluding carboxylic acids is 1. The van der Waals surface area contributed by atoms with Crippen molar-refractivity contribution >= 4 is 5.91 Å². The van der Waals surface area contributed by atoms with Gasteiger partial charge in [0.25, 0.3) is 0 Å². The van der Waals surface area contributed by atoms with Gasteiger partial charge in [-0.1, -0.05) is 36.4 Å². The molecule has 1 aliphatic heterocycles. The topological polar surface area (TPSA) is 64.4 Å². The molecule has 0 aliphatic carbocycles. The van der Waals surface area contributed by atoms with Gasteiger partial charge in [-0.2, -0.15) is 0 Å². The van der Waals surface area contributed by atoms with Gasteiger partial charge in [0.05, 0.1) is 19.2 Å². The number of benzene rings is 2. The second-order valence-corrected chi connectivity index (χ2v) is 5.43. The Morgan fingerprint density at radius 2 is 2.00 bits per heavy atom. The van der Waals surface area contributed by atoms with Crippen LogP contribution in [0.25, 0.3) is 0 Å². The van der Waals surface area contributed by atoms with E-state index in [1.807, 2.05) is 42.5 Å². The molecule has 22 heavy (non-hydrogen) atoms. The summed E-state index contributed by atoms with van der Waals surface area (Å²) in [6.45, 7) is 0.760. The molecule has 1 atom stereocenters. The Hall–Kier alpha value is -2.33. The van der Waals surface area contributed by atoms with Gasteiger partial charge < -0.3 is 15.8 Å². The van der Waals surface area contributed by atoms with Crippen LogP contribution >= 0.6 is 0 Å². The molecule has 0 bridgehead atoms. The van der Waals surface area contributed by atoms with E-state index in [2.05, 4.69) is 11.4 Å². The standard InChI is InChI=1S/C18H20N2O2/c19-12-17(21)20-18(13-5-2-1-3-6-13)15-8-9-16-14(11-15)7-4-10-22-16/h1-3,5-6,8-9,11,18H,4,7,10,12,19H2,(H,20,21). The smallest absolute Gasteiger partial charge is 0.234 e. The monoisotopic (exact) mass is 296 g/mol. The van der Waals surface area contributed by atoms with Crippen LogP contribution in [0.4, 0.5) is 0 Å². The van der Waals surface area contributed by atoms with E-state index in [1.54, 1.807) is 0 Å². The van der Waals surface area contributed by atoms with E-state index in [0.717, 1.165) is 36.3 Å². The van der Waals surface area contributed by atoms with E-state index < -0.39 is 0 Å². The van der Waals surface area contributed by atoms with Gasteiger partial charge in [-0.25, -0.2) is 0 Å². The van der Waals surface area contributed by atoms with Crippen molar-refractivity contribution in [3.8, 4) is 5.75 Å². The van der Waals surface area contributed by atoms with E-state index in [9.17, 15) is 4.79 Å². The summed E-state index contributed by atoms with van der Waals surface area (Å²) in [7, 11) is 0. The molecule has 2 aromatic rings. The zero-order valence-electron chi connectivity index (χ0n) is 12.4. The highest BCUT2D eigenvalue weighted by Gasteiger charge is 2.19. The fourth-order valence-electron chi connectivity index (χ4n) is 2.78. The number of fused-ring (bicyclic) bond motifs is 1. The summed E-state index contributed by atoms with van der Waals surface area (Å²) in [6, 6.07) is 15.9. The van der Waals surface area contributed by atoms with Gasteiger partial charge in [0.15, 0.2) is 0 Å². The summed E-state index contributed by atoms with van der Waals surface area (Å²) in [5.41, 5.74) is 8.75. The van der Waals surface area contributed by atoms with E-state index in [1.165, 1.54) is 5.56 Å². The van der Waals surface area contributed by atoms with Crippen molar-refractivity contribution in [2.24, 2.45) is 5.73 Å². The van der Waals surface area contributed by atoms with Crippen LogP contribution in [0.3, 0.4) is 0 Å². The number of ether oxygens (including phenoxy) is 1. The highest BCUT2D eigenvalue weighted by Crippen LogP contribution is 2.30. The number of rotatable bonds is 4. The molecule has 0 aromatic heterocycles. The predicted octanol–water partition coefficient (Wildman–Crippen LogP) is 2.18. The molecule has 0 radical (unpaired) electrons. The Kier molecular flexibility index (Phi) is 4.39. The summed E-state index contributed by atoms with van der Waals surface area (Å²) in [5, 5.41) is 3.00. The maximum atomic E-state index is 11.8. The van der Waals surface area contributed by atoms with Gasteiger partial charge in [0.2, 0.25) is 5.91 Å². The Morgan fingerprint density at radius 1 is 1.18 bits per heavy atom. The van der Waals surface area contributed by atoms with Gasteiger partial charge in [-0.05, 0) is 41.7 Å². The average molecular weight is 296 g/mol. The second-order valence-electron chi connectivity index (χ2n) is 5.43. The number of nitrogens with one attached hydrogen (secondary N) is 1. The molecule has 3 N–H and O–H groups in total. The lowest BCUT2D eigenvalue weighted by atomic mass is 9.95. The van der Waals surface area contributed by atoms with E-state index in [0.29, 0.717) is 0 Å². The van der Waals surface area contributed by atoms with Crippen LogP contribution in [0.5, 0.6) is 5.75 Å². The number of aryl methyl sites for hydroxylation is 1. The highest BCUT2D eigenvalue weighted by atomic mass is 16.5. The van der Waals surface area contributed by atoms with Crippen LogP contribution < -0.4 is 15.8 Å². The van der Waals surface area contributed by atoms with Gasteiger partial charge in [0, 0.05) is 0 Å². The molecular formula is C18H20N2O2. The molecule has 3 rings (SSSR count). The molecule has 4 nitrogen and oxygen atoms in total. The maximum Gasteiger partial charge on any atom is 0.234 e. The lowest BCUT2D eigenvalue weighted by molar-refractivity contribution is -0.120. The predicted molar refractivity (Wildman–Crippen MR) is 85.7 cm³/mol. The summed E-state index contributed by atoms with van der Waals surface area (Å²) < 4.78 is 5.66. The number of hydrogen-bond acceptors (Lipinski definition) is 3. The lowest BCUT2D eigenvalue weighted by Crippen LogP contribution is -2.34. The van der Waals surface area contributed by atoms with Crippen molar-refractivity contribution in [2.45, 2.75) is 18.9 Å². The molecule has 4 heteroatoms. The Morgan fingerprint density at radius 3 is 2.77 bits per heavy atom. The Labute approximate surface area is 130 Å². The molecule has 0 fully saturated rings. The van der Waals surface area contributed by atoms with Gasteiger partial charge in [-0.15, -0.1) is 0 Å². The van der Waals surface area contributed by atoms with E-state index in [4.69, 9.17) is 10.5 Å². The van der Waals surface area contributed by atoms with Crippen molar-refractivity contribution in [2.75, 3.05) is 13.2 Å². The normalized spacial score (nSPS) is 14.6. The van der Waals surface area contributed by atoms with Crippen molar-refractivity contribution in [3.63, 3.8) is 0 Å². The Bertz CT molecular complexity index is 655. The lowest BCUT2D eigenvalue weighted by Gasteiger charge is -2.23. The van der Waals surface area contributed by atoms with Crippen LogP contribution in [0.1, 0.15) is 29.2 Å². The van der Waals surface area contributed by atoms with Gasteiger partial charge in [-0.3, -0.25) is 4.79 Å². The van der Waals surface area contributed by atoms with Crippen LogP contribution in [0, 0.1) is 0 Å². The largest absolute Gasteiger partial charge is 0.493 e. The summed E-state index contributed by atoms with van der Waals surface area (Å²) in [5.74, 6) is 0.787. The van der Waals surface area contributed by atoms with Gasteiger partial charge >= 0.3 is 0 Å². The zero-order chi connectivity index (χ0) is 15.4. The third-order valence-corrected chi connectivity index (χ3v) is 3.89. The molecule has 2 aromatic carbocycles. The van der Waals surface area contributed by atoms with Crippen LogP contribution in [-0.2, 0) is 11.2 Å². The molecule has 1 amide bonds. The molecule has 0 saturated heterocycles. The summed E-state index contributed by atoms with van der Waals surface area (Å²) >= 11 is 0. The molecule has 1 heterocycles. The van der Waals surface area contributed by atoms with E-state index in [-0.39, 0.29) is 18.5 Å². The molecule has 114 valence electrons. The molecular weight excluding hydrogens is 276 g/mol. The molecule has 1 aliphatic rings. The highest BCUT2D eigenvalue weighted by molar-refractivity contribution is 5.78. The third kappa shape index (κ3) is 3.12. The van der Waals surface area contributed by atoms with Crippen molar-refractivity contribution in [3.05, 3.63) is 65.2 Å². The Balaban J connectivity index is 1.96. The summed E-state index contributed by atoms with van der Waals surface area (Å²) in [4.78, 5) is 11.8. The van der Waals surface area contributed by atoms with Crippen LogP contribution in [0.2, 0.25) is 0 Å². The van der Waals surface area contributed by atoms with Crippen molar-refractivity contribution in [1.82, 2.24) is 5.32 Å². The van der Waals surface area contributed by atoms with Crippen molar-refractivity contribution < 1.29 is 9.53 Å². The van der Waals surface area contributed by atoms with Crippen LogP contribution in [-0.4, -0.2) is 19.1 Å². The fraction of sp³-hybridized carbons (Fsp3) is 0.278. The first kappa shape index (κ1) is 14.6. The quantitative estimate of drug-likeness (QED) is 0.909. The third-order valence-electron chi connectivity index (χ3n) is 3.89. The van der Waals surface area contributed by atoms with Crippen molar-refractivity contribution in [1.29, 1.82) is 0 Å². The number of nitrogens with two attached hydrogens (primary N) is 1. The minimum atomic E-state index is -0.190. The minimum absolute atomic E-state index is 0.0165. The van der Waals surface area contributed by atoms with E-state index >= 15 is 0 Å². The first-order valence-electron chi connectivity index (χ1n) is 7.58. The minimum Gasteiger partial charge on any atom is -0.493 e. The molecule has 0 spiro atoms. The molecule has 1 unspecified atom stereocenters. The summed E-state index contributed by atoms with van der Waals surface area (Å²) in [6.07, 6.45) is 2.04. The number of carbonyl (C=O) groups is 1. The first-order chi connectivity index (χ1) is 10.8. The SMILES string of the molecule is NCC(=O)NC(c1ccccc1)c1ccc2c(c1)CCCO2. The van der Waals surface area contributed by atoms with Crippen LogP contribution in [0.15, 0.2) is 48.5 Å². The maximum absolute atomic E-state index is 11.8. The van der Waals surface area contributed by atoms with Gasteiger partial charge in [0.1, 0.15) is 5.75 Å². The fourth-order valence-corrected chi connectivity index (χ4v) is 2.78. The zero-order valence-corrected chi connectivity index (χ0v) is 12.4. The second kappa shape index (κ2) is 6.62.